The lowest BCUT2D eigenvalue weighted by Gasteiger charge is -2.03. The van der Waals surface area contributed by atoms with E-state index in [-0.39, 0.29) is 5.91 Å². The molecule has 0 radical (unpaired) electrons. The third kappa shape index (κ3) is 3.32. The molecule has 5 heteroatoms. The molecule has 0 aliphatic rings. The lowest BCUT2D eigenvalue weighted by molar-refractivity contribution is 0.0950. The van der Waals surface area contributed by atoms with Gasteiger partial charge in [-0.25, -0.2) is 5.43 Å². The van der Waals surface area contributed by atoms with Gasteiger partial charge in [-0.15, -0.1) is 0 Å². The fourth-order valence-electron chi connectivity index (χ4n) is 1.77. The summed E-state index contributed by atoms with van der Waals surface area (Å²) in [6.45, 7) is 5.81. The van der Waals surface area contributed by atoms with E-state index in [4.69, 9.17) is 0 Å². The maximum atomic E-state index is 11.8. The second-order valence-electron chi connectivity index (χ2n) is 4.62. The van der Waals surface area contributed by atoms with Gasteiger partial charge in [0.05, 0.1) is 5.71 Å². The molecular formula is C15H18N4O. The van der Waals surface area contributed by atoms with Crippen molar-refractivity contribution in [2.45, 2.75) is 27.2 Å². The Hall–Kier alpha value is -2.43. The van der Waals surface area contributed by atoms with Gasteiger partial charge in [0.15, 0.2) is 5.69 Å². The van der Waals surface area contributed by atoms with Crippen LogP contribution in [-0.2, 0) is 6.42 Å². The monoisotopic (exact) mass is 270 g/mol. The minimum atomic E-state index is -0.320. The molecule has 0 atom stereocenters. The summed E-state index contributed by atoms with van der Waals surface area (Å²) < 4.78 is 0. The number of nitrogens with zero attached hydrogens (tertiary/aromatic N) is 2. The molecule has 20 heavy (non-hydrogen) atoms. The summed E-state index contributed by atoms with van der Waals surface area (Å²) in [7, 11) is 0. The van der Waals surface area contributed by atoms with Gasteiger partial charge in [-0.3, -0.25) is 9.89 Å². The highest BCUT2D eigenvalue weighted by Crippen LogP contribution is 2.06. The van der Waals surface area contributed by atoms with Crippen molar-refractivity contribution >= 4 is 11.6 Å². The van der Waals surface area contributed by atoms with E-state index in [0.29, 0.717) is 5.69 Å². The molecule has 0 bridgehead atoms. The number of hydrogen-bond donors (Lipinski definition) is 2. The molecule has 1 heterocycles. The van der Waals surface area contributed by atoms with Gasteiger partial charge in [0.1, 0.15) is 0 Å². The van der Waals surface area contributed by atoms with Crippen LogP contribution < -0.4 is 5.43 Å². The average molecular weight is 270 g/mol. The molecule has 5 nitrogen and oxygen atoms in total. The number of benzene rings is 1. The summed E-state index contributed by atoms with van der Waals surface area (Å²) in [4.78, 5) is 11.8. The van der Waals surface area contributed by atoms with E-state index < -0.39 is 0 Å². The fourth-order valence-corrected chi connectivity index (χ4v) is 1.77. The highest BCUT2D eigenvalue weighted by molar-refractivity contribution is 6.00. The van der Waals surface area contributed by atoms with Crippen LogP contribution in [0.3, 0.4) is 0 Å². The molecule has 1 amide bonds. The Labute approximate surface area is 118 Å². The van der Waals surface area contributed by atoms with Crippen molar-refractivity contribution in [1.82, 2.24) is 15.6 Å². The van der Waals surface area contributed by atoms with Crippen molar-refractivity contribution in [2.75, 3.05) is 0 Å². The molecular weight excluding hydrogens is 252 g/mol. The number of rotatable bonds is 4. The number of aryl methyl sites for hydroxylation is 2. The van der Waals surface area contributed by atoms with E-state index >= 15 is 0 Å². The van der Waals surface area contributed by atoms with Gasteiger partial charge in [-0.2, -0.15) is 10.2 Å². The number of carbonyl (C=O) groups is 1. The van der Waals surface area contributed by atoms with Crippen molar-refractivity contribution in [3.05, 3.63) is 52.8 Å². The van der Waals surface area contributed by atoms with Crippen LogP contribution in [0.25, 0.3) is 0 Å². The Morgan fingerprint density at radius 1 is 1.35 bits per heavy atom. The first-order valence-corrected chi connectivity index (χ1v) is 6.56. The highest BCUT2D eigenvalue weighted by Gasteiger charge is 2.08. The van der Waals surface area contributed by atoms with Gasteiger partial charge in [-0.05, 0) is 37.5 Å². The maximum Gasteiger partial charge on any atom is 0.291 e. The molecule has 0 spiro atoms. The van der Waals surface area contributed by atoms with Gasteiger partial charge < -0.3 is 0 Å². The molecule has 1 aromatic carbocycles. The van der Waals surface area contributed by atoms with Crippen molar-refractivity contribution in [3.63, 3.8) is 0 Å². The largest absolute Gasteiger partial charge is 0.291 e. The van der Waals surface area contributed by atoms with E-state index in [9.17, 15) is 4.79 Å². The molecule has 0 unspecified atom stereocenters. The minimum absolute atomic E-state index is 0.320. The number of carbonyl (C=O) groups excluding carboxylic acids is 1. The van der Waals surface area contributed by atoms with Crippen molar-refractivity contribution in [3.8, 4) is 0 Å². The predicted octanol–water partition coefficient (Wildman–Crippen LogP) is 2.43. The Kier molecular flexibility index (Phi) is 4.30. The first-order valence-electron chi connectivity index (χ1n) is 6.56. The van der Waals surface area contributed by atoms with E-state index in [1.165, 1.54) is 5.56 Å². The fraction of sp³-hybridized carbons (Fsp3) is 0.267. The van der Waals surface area contributed by atoms with Crippen LogP contribution >= 0.6 is 0 Å². The number of aromatic amines is 1. The van der Waals surface area contributed by atoms with Crippen LogP contribution in [0, 0.1) is 6.92 Å². The number of amides is 1. The summed E-state index contributed by atoms with van der Waals surface area (Å²) in [6, 6.07) is 9.81. The Bertz CT molecular complexity index is 626. The number of aromatic nitrogens is 2. The number of hydrogen-bond acceptors (Lipinski definition) is 3. The summed E-state index contributed by atoms with van der Waals surface area (Å²) in [5.41, 5.74) is 6.70. The van der Waals surface area contributed by atoms with Gasteiger partial charge in [-0.1, -0.05) is 31.2 Å². The van der Waals surface area contributed by atoms with E-state index in [1.807, 2.05) is 26.0 Å². The highest BCUT2D eigenvalue weighted by atomic mass is 16.2. The standard InChI is InChI=1S/C15H18N4O/c1-4-12-5-7-13(8-6-12)11(3)17-19-15(20)14-9-10(2)16-18-14/h5-9H,4H2,1-3H3,(H,16,18)(H,19,20)/b17-11-. The number of nitrogens with one attached hydrogen (secondary N) is 2. The number of H-pyrrole nitrogens is 1. The van der Waals surface area contributed by atoms with Gasteiger partial charge in [0.25, 0.3) is 5.91 Å². The Morgan fingerprint density at radius 3 is 2.60 bits per heavy atom. The molecule has 0 fully saturated rings. The molecule has 2 N–H and O–H groups in total. The van der Waals surface area contributed by atoms with Crippen LogP contribution in [-0.4, -0.2) is 21.8 Å². The van der Waals surface area contributed by atoms with Crippen molar-refractivity contribution in [2.24, 2.45) is 5.10 Å². The third-order valence-electron chi connectivity index (χ3n) is 3.04. The second-order valence-corrected chi connectivity index (χ2v) is 4.62. The van der Waals surface area contributed by atoms with E-state index in [1.54, 1.807) is 6.07 Å². The van der Waals surface area contributed by atoms with Crippen LogP contribution in [0.15, 0.2) is 35.4 Å². The van der Waals surface area contributed by atoms with Crippen LogP contribution in [0.4, 0.5) is 0 Å². The topological polar surface area (TPSA) is 70.1 Å². The molecule has 0 saturated carbocycles. The zero-order chi connectivity index (χ0) is 14.5. The van der Waals surface area contributed by atoms with Gasteiger partial charge >= 0.3 is 0 Å². The summed E-state index contributed by atoms with van der Waals surface area (Å²) in [5.74, 6) is -0.320. The summed E-state index contributed by atoms with van der Waals surface area (Å²) in [6.07, 6.45) is 1.01. The number of hydrazone groups is 1. The first kappa shape index (κ1) is 14.0. The normalized spacial score (nSPS) is 11.4. The average Bonchev–Trinajstić information content (AvgIpc) is 2.91. The Morgan fingerprint density at radius 2 is 2.05 bits per heavy atom. The molecule has 0 saturated heterocycles. The van der Waals surface area contributed by atoms with Crippen LogP contribution in [0.1, 0.15) is 41.2 Å². The molecule has 2 rings (SSSR count). The Balaban J connectivity index is 2.04. The summed E-state index contributed by atoms with van der Waals surface area (Å²) in [5, 5.41) is 10.7. The lowest BCUT2D eigenvalue weighted by Crippen LogP contribution is -2.19. The van der Waals surface area contributed by atoms with Crippen LogP contribution in [0.2, 0.25) is 0 Å². The zero-order valence-corrected chi connectivity index (χ0v) is 11.9. The zero-order valence-electron chi connectivity index (χ0n) is 11.9. The lowest BCUT2D eigenvalue weighted by atomic mass is 10.1. The molecule has 0 aliphatic carbocycles. The molecule has 104 valence electrons. The van der Waals surface area contributed by atoms with E-state index in [0.717, 1.165) is 23.4 Å². The predicted molar refractivity (Wildman–Crippen MR) is 78.8 cm³/mol. The first-order chi connectivity index (χ1) is 9.60. The smallest absolute Gasteiger partial charge is 0.282 e. The van der Waals surface area contributed by atoms with E-state index in [2.05, 4.69) is 39.8 Å². The maximum absolute atomic E-state index is 11.8. The summed E-state index contributed by atoms with van der Waals surface area (Å²) >= 11 is 0. The van der Waals surface area contributed by atoms with Crippen molar-refractivity contribution in [1.29, 1.82) is 0 Å². The quantitative estimate of drug-likeness (QED) is 0.661. The van der Waals surface area contributed by atoms with Gasteiger partial charge in [0, 0.05) is 5.69 Å². The third-order valence-corrected chi connectivity index (χ3v) is 3.04. The molecule has 2 aromatic rings. The van der Waals surface area contributed by atoms with Crippen molar-refractivity contribution < 1.29 is 4.79 Å². The second kappa shape index (κ2) is 6.14. The van der Waals surface area contributed by atoms with Gasteiger partial charge in [0.2, 0.25) is 0 Å². The van der Waals surface area contributed by atoms with Crippen LogP contribution in [0.5, 0.6) is 0 Å². The molecule has 1 aromatic heterocycles. The SMILES string of the molecule is CCc1ccc(/C(C)=N\NC(=O)c2cc(C)[nH]n2)cc1. The molecule has 0 aliphatic heterocycles. The minimum Gasteiger partial charge on any atom is -0.282 e.